The number of nitrogens with zero attached hydrogens (tertiary/aromatic N) is 3. The first-order valence-electron chi connectivity index (χ1n) is 9.42. The molecule has 2 aromatic heterocycles. The largest absolute Gasteiger partial charge is 0.448 e. The van der Waals surface area contributed by atoms with E-state index in [0.717, 1.165) is 15.8 Å². The smallest absolute Gasteiger partial charge is 0.297 e. The molecule has 0 aliphatic heterocycles. The van der Waals surface area contributed by atoms with E-state index in [2.05, 4.69) is 4.98 Å². The van der Waals surface area contributed by atoms with Crippen molar-refractivity contribution in [2.24, 2.45) is 0 Å². The molecule has 0 fully saturated rings. The van der Waals surface area contributed by atoms with E-state index in [-0.39, 0.29) is 29.6 Å². The highest BCUT2D eigenvalue weighted by Crippen LogP contribution is 2.24. The molecule has 0 bridgehead atoms. The number of amides is 1. The van der Waals surface area contributed by atoms with Crippen LogP contribution in [0.5, 0.6) is 0 Å². The van der Waals surface area contributed by atoms with Gasteiger partial charge < -0.3 is 9.32 Å². The van der Waals surface area contributed by atoms with Gasteiger partial charge in [0.25, 0.3) is 5.56 Å². The summed E-state index contributed by atoms with van der Waals surface area (Å²) in [5.74, 6) is -0.231. The predicted molar refractivity (Wildman–Crippen MR) is 116 cm³/mol. The molecule has 4 rings (SSSR count). The third-order valence-electron chi connectivity index (χ3n) is 5.32. The molecule has 0 radical (unpaired) electrons. The molecule has 0 unspecified atom stereocenters. The maximum atomic E-state index is 12.8. The van der Waals surface area contributed by atoms with Gasteiger partial charge in [0.15, 0.2) is 0 Å². The molecule has 0 N–H and O–H groups in total. The van der Waals surface area contributed by atoms with Crippen LogP contribution in [0.15, 0.2) is 69.0 Å². The number of carbonyl (C=O) groups excluding carboxylic acids is 1. The van der Waals surface area contributed by atoms with Gasteiger partial charge in [0.05, 0.1) is 12.4 Å². The lowest BCUT2D eigenvalue weighted by Gasteiger charge is -2.25. The molecule has 7 nitrogen and oxygen atoms in total. The van der Waals surface area contributed by atoms with Gasteiger partial charge in [-0.05, 0) is 36.8 Å². The summed E-state index contributed by atoms with van der Waals surface area (Å²) < 4.78 is 18.5. The van der Waals surface area contributed by atoms with Crippen molar-refractivity contribution in [3.05, 3.63) is 70.8 Å². The summed E-state index contributed by atoms with van der Waals surface area (Å²) in [5, 5.41) is 0.769. The average Bonchev–Trinajstić information content (AvgIpc) is 3.14. The summed E-state index contributed by atoms with van der Waals surface area (Å²) in [7, 11) is 0.640. The van der Waals surface area contributed by atoms with E-state index in [1.54, 1.807) is 36.4 Å². The SMILES string of the molecule is C[C@@H](c1ccc([S@@](C)=O)cc1)N(C)C(=O)Cn1cnc2c(oc3ccccc32)c1=O. The van der Waals surface area contributed by atoms with Gasteiger partial charge in [-0.2, -0.15) is 0 Å². The lowest BCUT2D eigenvalue weighted by molar-refractivity contribution is -0.132. The molecule has 2 aromatic carbocycles. The van der Waals surface area contributed by atoms with Crippen molar-refractivity contribution in [1.82, 2.24) is 14.5 Å². The second-order valence-electron chi connectivity index (χ2n) is 7.16. The third kappa shape index (κ3) is 3.54. The molecule has 0 aliphatic rings. The number of para-hydroxylation sites is 1. The zero-order valence-electron chi connectivity index (χ0n) is 16.9. The number of rotatable bonds is 5. The first-order valence-corrected chi connectivity index (χ1v) is 11.0. The summed E-state index contributed by atoms with van der Waals surface area (Å²) in [6.45, 7) is 1.76. The molecule has 0 saturated carbocycles. The normalized spacial score (nSPS) is 13.4. The molecule has 1 amide bonds. The van der Waals surface area contributed by atoms with Crippen LogP contribution in [0, 0.1) is 0 Å². The molecule has 4 aromatic rings. The van der Waals surface area contributed by atoms with Crippen molar-refractivity contribution in [2.75, 3.05) is 13.3 Å². The standard InChI is InChI=1S/C22H21N3O4S/c1-14(15-8-10-16(11-9-15)30(3)28)24(2)19(26)12-25-13-23-20-17-6-4-5-7-18(17)29-21(20)22(25)27/h4-11,13-14H,12H2,1-3H3/t14-,30+/m0/s1. The molecular formula is C22H21N3O4S. The molecule has 2 atom stereocenters. The van der Waals surface area contributed by atoms with E-state index in [9.17, 15) is 13.8 Å². The number of benzene rings is 2. The minimum atomic E-state index is -1.05. The molecule has 0 aliphatic carbocycles. The number of likely N-dealkylation sites (N-methyl/N-ethyl adjacent to an activating group) is 1. The fourth-order valence-corrected chi connectivity index (χ4v) is 3.88. The van der Waals surface area contributed by atoms with E-state index < -0.39 is 10.8 Å². The van der Waals surface area contributed by atoms with Crippen molar-refractivity contribution >= 4 is 38.8 Å². The summed E-state index contributed by atoms with van der Waals surface area (Å²) >= 11 is 0. The fourth-order valence-electron chi connectivity index (χ4n) is 3.36. The van der Waals surface area contributed by atoms with Gasteiger partial charge in [-0.25, -0.2) is 4.98 Å². The first kappa shape index (κ1) is 20.0. The van der Waals surface area contributed by atoms with Crippen LogP contribution in [0.4, 0.5) is 0 Å². The summed E-state index contributed by atoms with van der Waals surface area (Å²) in [5.41, 5.74) is 1.75. The van der Waals surface area contributed by atoms with Crippen molar-refractivity contribution in [3.63, 3.8) is 0 Å². The van der Waals surface area contributed by atoms with Gasteiger partial charge in [0.2, 0.25) is 11.5 Å². The van der Waals surface area contributed by atoms with Crippen molar-refractivity contribution in [2.45, 2.75) is 24.4 Å². The highest BCUT2D eigenvalue weighted by Gasteiger charge is 2.20. The Morgan fingerprint density at radius 1 is 1.20 bits per heavy atom. The van der Waals surface area contributed by atoms with Gasteiger partial charge >= 0.3 is 0 Å². The van der Waals surface area contributed by atoms with Crippen LogP contribution in [-0.4, -0.2) is 37.9 Å². The Bertz CT molecular complexity index is 1320. The summed E-state index contributed by atoms with van der Waals surface area (Å²) in [4.78, 5) is 32.3. The number of hydrogen-bond acceptors (Lipinski definition) is 5. The number of aromatic nitrogens is 2. The maximum absolute atomic E-state index is 12.8. The van der Waals surface area contributed by atoms with Gasteiger partial charge in [-0.3, -0.25) is 18.4 Å². The number of furan rings is 1. The van der Waals surface area contributed by atoms with Crippen molar-refractivity contribution in [3.8, 4) is 0 Å². The van der Waals surface area contributed by atoms with Crippen LogP contribution in [0.2, 0.25) is 0 Å². The Labute approximate surface area is 175 Å². The van der Waals surface area contributed by atoms with Crippen molar-refractivity contribution in [1.29, 1.82) is 0 Å². The zero-order chi connectivity index (χ0) is 21.4. The number of carbonyl (C=O) groups is 1. The van der Waals surface area contributed by atoms with Gasteiger partial charge in [-0.1, -0.05) is 24.3 Å². The number of hydrogen-bond donors (Lipinski definition) is 0. The predicted octanol–water partition coefficient (Wildman–Crippen LogP) is 3.10. The molecule has 0 spiro atoms. The molecule has 154 valence electrons. The van der Waals surface area contributed by atoms with Crippen LogP contribution >= 0.6 is 0 Å². The van der Waals surface area contributed by atoms with E-state index >= 15 is 0 Å². The van der Waals surface area contributed by atoms with E-state index in [4.69, 9.17) is 4.42 Å². The Hall–Kier alpha value is -3.26. The molecule has 0 saturated heterocycles. The van der Waals surface area contributed by atoms with Gasteiger partial charge in [0.1, 0.15) is 17.6 Å². The summed E-state index contributed by atoms with van der Waals surface area (Å²) in [6, 6.07) is 14.4. The Balaban J connectivity index is 1.57. The van der Waals surface area contributed by atoms with Crippen LogP contribution in [0.25, 0.3) is 22.1 Å². The molecule has 8 heteroatoms. The van der Waals surface area contributed by atoms with E-state index in [1.807, 2.05) is 37.3 Å². The maximum Gasteiger partial charge on any atom is 0.297 e. The Morgan fingerprint density at radius 2 is 1.90 bits per heavy atom. The number of fused-ring (bicyclic) bond motifs is 3. The quantitative estimate of drug-likeness (QED) is 0.492. The van der Waals surface area contributed by atoms with Crippen LogP contribution < -0.4 is 5.56 Å². The van der Waals surface area contributed by atoms with Gasteiger partial charge in [-0.15, -0.1) is 0 Å². The van der Waals surface area contributed by atoms with Gasteiger partial charge in [0, 0.05) is 34.4 Å². The molecule has 2 heterocycles. The van der Waals surface area contributed by atoms with Crippen molar-refractivity contribution < 1.29 is 13.4 Å². The minimum Gasteiger partial charge on any atom is -0.448 e. The molecular weight excluding hydrogens is 402 g/mol. The Morgan fingerprint density at radius 3 is 2.60 bits per heavy atom. The molecule has 30 heavy (non-hydrogen) atoms. The van der Waals surface area contributed by atoms with E-state index in [1.165, 1.54) is 10.9 Å². The fraction of sp³-hybridized carbons (Fsp3) is 0.227. The lowest BCUT2D eigenvalue weighted by Crippen LogP contribution is -2.35. The topological polar surface area (TPSA) is 85.4 Å². The average molecular weight is 423 g/mol. The third-order valence-corrected chi connectivity index (χ3v) is 6.26. The van der Waals surface area contributed by atoms with Crippen LogP contribution in [-0.2, 0) is 22.1 Å². The van der Waals surface area contributed by atoms with Crippen LogP contribution in [0.3, 0.4) is 0 Å². The first-order chi connectivity index (χ1) is 14.4. The highest BCUT2D eigenvalue weighted by molar-refractivity contribution is 7.84. The highest BCUT2D eigenvalue weighted by atomic mass is 32.2. The second-order valence-corrected chi connectivity index (χ2v) is 8.54. The van der Waals surface area contributed by atoms with Crippen LogP contribution in [0.1, 0.15) is 18.5 Å². The lowest BCUT2D eigenvalue weighted by atomic mass is 10.1. The monoisotopic (exact) mass is 423 g/mol. The minimum absolute atomic E-state index is 0.142. The van der Waals surface area contributed by atoms with E-state index in [0.29, 0.717) is 11.1 Å². The summed E-state index contributed by atoms with van der Waals surface area (Å²) in [6.07, 6.45) is 3.01. The second kappa shape index (κ2) is 7.87. The zero-order valence-corrected chi connectivity index (χ0v) is 17.7. The Kier molecular flexibility index (Phi) is 5.26.